The van der Waals surface area contributed by atoms with Crippen molar-refractivity contribution in [3.8, 4) is 0 Å². The minimum atomic E-state index is 0.518. The van der Waals surface area contributed by atoms with Gasteiger partial charge in [-0.15, -0.1) is 0 Å². The van der Waals surface area contributed by atoms with Gasteiger partial charge in [-0.3, -0.25) is 4.98 Å². The molecule has 0 saturated carbocycles. The lowest BCUT2D eigenvalue weighted by molar-refractivity contribution is 0.637. The molecule has 0 unspecified atom stereocenters. The Morgan fingerprint density at radius 3 is 2.44 bits per heavy atom. The number of rotatable bonds is 3. The van der Waals surface area contributed by atoms with Crippen LogP contribution >= 0.6 is 0 Å². The van der Waals surface area contributed by atoms with Crippen molar-refractivity contribution in [1.29, 1.82) is 0 Å². The Morgan fingerprint density at radius 2 is 1.83 bits per heavy atom. The average molecular weight is 242 g/mol. The largest absolute Gasteiger partial charge is 0.398 e. The SMILES string of the molecule is CC(C)Cc1cc(N)c2cc(C(C)C)ccc2n1. The molecule has 96 valence electrons. The number of hydrogen-bond donors (Lipinski definition) is 1. The number of fused-ring (bicyclic) bond motifs is 1. The number of hydrogen-bond acceptors (Lipinski definition) is 2. The summed E-state index contributed by atoms with van der Waals surface area (Å²) in [4.78, 5) is 4.70. The predicted octanol–water partition coefficient (Wildman–Crippen LogP) is 4.14. The van der Waals surface area contributed by atoms with Crippen LogP contribution in [0.15, 0.2) is 24.3 Å². The number of nitrogens with two attached hydrogens (primary N) is 1. The fourth-order valence-corrected chi connectivity index (χ4v) is 2.21. The fraction of sp³-hybridized carbons (Fsp3) is 0.438. The van der Waals surface area contributed by atoms with E-state index in [1.165, 1.54) is 5.56 Å². The van der Waals surface area contributed by atoms with Crippen LogP contribution in [0.5, 0.6) is 0 Å². The zero-order valence-corrected chi connectivity index (χ0v) is 11.7. The van der Waals surface area contributed by atoms with Crippen molar-refractivity contribution in [2.24, 2.45) is 5.92 Å². The molecule has 1 aromatic carbocycles. The number of nitrogens with zero attached hydrogens (tertiary/aromatic N) is 1. The van der Waals surface area contributed by atoms with Gasteiger partial charge in [-0.2, -0.15) is 0 Å². The van der Waals surface area contributed by atoms with Gasteiger partial charge < -0.3 is 5.73 Å². The number of nitrogen functional groups attached to an aromatic ring is 1. The third kappa shape index (κ3) is 2.63. The summed E-state index contributed by atoms with van der Waals surface area (Å²) in [5, 5.41) is 1.08. The molecule has 2 N–H and O–H groups in total. The molecule has 2 heteroatoms. The third-order valence-electron chi connectivity index (χ3n) is 3.20. The van der Waals surface area contributed by atoms with Gasteiger partial charge in [0.15, 0.2) is 0 Å². The molecule has 1 heterocycles. The number of benzene rings is 1. The second-order valence-corrected chi connectivity index (χ2v) is 5.73. The molecule has 18 heavy (non-hydrogen) atoms. The van der Waals surface area contributed by atoms with E-state index in [2.05, 4.69) is 45.9 Å². The second kappa shape index (κ2) is 4.97. The zero-order valence-electron chi connectivity index (χ0n) is 11.7. The monoisotopic (exact) mass is 242 g/mol. The van der Waals surface area contributed by atoms with Crippen LogP contribution in [0, 0.1) is 5.92 Å². The Balaban J connectivity index is 2.51. The normalized spacial score (nSPS) is 11.7. The predicted molar refractivity (Wildman–Crippen MR) is 78.8 cm³/mol. The van der Waals surface area contributed by atoms with Gasteiger partial charge in [0.25, 0.3) is 0 Å². The van der Waals surface area contributed by atoms with Crippen molar-refractivity contribution in [3.05, 3.63) is 35.5 Å². The molecular weight excluding hydrogens is 220 g/mol. The minimum Gasteiger partial charge on any atom is -0.398 e. The van der Waals surface area contributed by atoms with E-state index in [4.69, 9.17) is 10.7 Å². The van der Waals surface area contributed by atoms with Crippen molar-refractivity contribution in [2.75, 3.05) is 5.73 Å². The lowest BCUT2D eigenvalue weighted by atomic mass is 9.99. The van der Waals surface area contributed by atoms with Gasteiger partial charge in [-0.25, -0.2) is 0 Å². The fourth-order valence-electron chi connectivity index (χ4n) is 2.21. The molecule has 0 radical (unpaired) electrons. The van der Waals surface area contributed by atoms with Crippen molar-refractivity contribution >= 4 is 16.6 Å². The van der Waals surface area contributed by atoms with E-state index in [9.17, 15) is 0 Å². The maximum atomic E-state index is 6.16. The van der Waals surface area contributed by atoms with E-state index >= 15 is 0 Å². The first-order chi connectivity index (χ1) is 8.47. The minimum absolute atomic E-state index is 0.518. The van der Waals surface area contributed by atoms with Crippen molar-refractivity contribution < 1.29 is 0 Å². The molecule has 0 spiro atoms. The Bertz CT molecular complexity index is 556. The van der Waals surface area contributed by atoms with Gasteiger partial charge in [0.2, 0.25) is 0 Å². The summed E-state index contributed by atoms with van der Waals surface area (Å²) in [6.07, 6.45) is 0.978. The highest BCUT2D eigenvalue weighted by Crippen LogP contribution is 2.26. The Kier molecular flexibility index (Phi) is 3.55. The molecular formula is C16H22N2. The molecule has 1 aromatic heterocycles. The average Bonchev–Trinajstić information content (AvgIpc) is 2.27. The first-order valence-corrected chi connectivity index (χ1v) is 6.66. The van der Waals surface area contributed by atoms with Crippen LogP contribution < -0.4 is 5.73 Å². The number of aromatic nitrogens is 1. The van der Waals surface area contributed by atoms with Crippen LogP contribution in [0.4, 0.5) is 5.69 Å². The van der Waals surface area contributed by atoms with Crippen molar-refractivity contribution in [3.63, 3.8) is 0 Å². The quantitative estimate of drug-likeness (QED) is 0.878. The molecule has 0 bridgehead atoms. The van der Waals surface area contributed by atoms with Gasteiger partial charge in [-0.1, -0.05) is 33.8 Å². The molecule has 0 atom stereocenters. The molecule has 2 aromatic rings. The van der Waals surface area contributed by atoms with Gasteiger partial charge >= 0.3 is 0 Å². The molecule has 0 fully saturated rings. The van der Waals surface area contributed by atoms with E-state index in [-0.39, 0.29) is 0 Å². The summed E-state index contributed by atoms with van der Waals surface area (Å²) in [5.41, 5.74) is 10.4. The molecule has 0 amide bonds. The highest BCUT2D eigenvalue weighted by atomic mass is 14.7. The number of anilines is 1. The van der Waals surface area contributed by atoms with Gasteiger partial charge in [0.05, 0.1) is 5.52 Å². The van der Waals surface area contributed by atoms with E-state index in [1.807, 2.05) is 6.07 Å². The van der Waals surface area contributed by atoms with Crippen molar-refractivity contribution in [2.45, 2.75) is 40.0 Å². The van der Waals surface area contributed by atoms with Crippen LogP contribution in [-0.4, -0.2) is 4.98 Å². The van der Waals surface area contributed by atoms with Crippen LogP contribution in [0.2, 0.25) is 0 Å². The zero-order chi connectivity index (χ0) is 13.3. The first kappa shape index (κ1) is 12.9. The summed E-state index contributed by atoms with van der Waals surface area (Å²) < 4.78 is 0. The highest BCUT2D eigenvalue weighted by molar-refractivity contribution is 5.90. The Hall–Kier alpha value is -1.57. The van der Waals surface area contributed by atoms with Crippen LogP contribution in [0.25, 0.3) is 10.9 Å². The molecule has 0 aliphatic rings. The molecule has 0 saturated heterocycles. The second-order valence-electron chi connectivity index (χ2n) is 5.73. The summed E-state index contributed by atoms with van der Waals surface area (Å²) in [7, 11) is 0. The van der Waals surface area contributed by atoms with Gasteiger partial charge in [0.1, 0.15) is 0 Å². The number of pyridine rings is 1. The van der Waals surface area contributed by atoms with E-state index < -0.39 is 0 Å². The Morgan fingerprint density at radius 1 is 1.11 bits per heavy atom. The maximum Gasteiger partial charge on any atom is 0.0726 e. The molecule has 2 nitrogen and oxygen atoms in total. The summed E-state index contributed by atoms with van der Waals surface area (Å²) in [6.45, 7) is 8.78. The van der Waals surface area contributed by atoms with Crippen LogP contribution in [-0.2, 0) is 6.42 Å². The van der Waals surface area contributed by atoms with E-state index in [0.29, 0.717) is 11.8 Å². The van der Waals surface area contributed by atoms with Gasteiger partial charge in [0, 0.05) is 16.8 Å². The standard InChI is InChI=1S/C16H22N2/c1-10(2)7-13-9-15(17)14-8-12(11(3)4)5-6-16(14)18-13/h5-6,8-11H,7H2,1-4H3,(H2,17,18). The topological polar surface area (TPSA) is 38.9 Å². The lowest BCUT2D eigenvalue weighted by Gasteiger charge is -2.11. The summed E-state index contributed by atoms with van der Waals surface area (Å²) in [6, 6.07) is 8.43. The summed E-state index contributed by atoms with van der Waals surface area (Å²) in [5.74, 6) is 1.12. The Labute approximate surface area is 109 Å². The highest BCUT2D eigenvalue weighted by Gasteiger charge is 2.07. The van der Waals surface area contributed by atoms with E-state index in [0.717, 1.165) is 28.7 Å². The summed E-state index contributed by atoms with van der Waals surface area (Å²) >= 11 is 0. The van der Waals surface area contributed by atoms with Crippen LogP contribution in [0.1, 0.15) is 44.9 Å². The molecule has 2 rings (SSSR count). The third-order valence-corrected chi connectivity index (χ3v) is 3.20. The van der Waals surface area contributed by atoms with Crippen molar-refractivity contribution in [1.82, 2.24) is 4.98 Å². The maximum absolute atomic E-state index is 6.16. The molecule has 0 aliphatic heterocycles. The van der Waals surface area contributed by atoms with Gasteiger partial charge in [-0.05, 0) is 42.0 Å². The lowest BCUT2D eigenvalue weighted by Crippen LogP contribution is -2.00. The van der Waals surface area contributed by atoms with Crippen LogP contribution in [0.3, 0.4) is 0 Å². The van der Waals surface area contributed by atoms with E-state index in [1.54, 1.807) is 0 Å². The molecule has 0 aliphatic carbocycles. The first-order valence-electron chi connectivity index (χ1n) is 6.66. The smallest absolute Gasteiger partial charge is 0.0726 e.